The van der Waals surface area contributed by atoms with Crippen LogP contribution in [0.3, 0.4) is 0 Å². The summed E-state index contributed by atoms with van der Waals surface area (Å²) in [6.07, 6.45) is 0. The van der Waals surface area contributed by atoms with Gasteiger partial charge in [-0.3, -0.25) is 9.59 Å². The molecule has 138 valence electrons. The van der Waals surface area contributed by atoms with Crippen molar-refractivity contribution < 1.29 is 14.3 Å². The van der Waals surface area contributed by atoms with Gasteiger partial charge in [0.1, 0.15) is 5.75 Å². The van der Waals surface area contributed by atoms with E-state index in [4.69, 9.17) is 21.6 Å². The number of amides is 2. The zero-order valence-electron chi connectivity index (χ0n) is 14.6. The molecule has 0 bridgehead atoms. The summed E-state index contributed by atoms with van der Waals surface area (Å²) in [6, 6.07) is 15.4. The quantitative estimate of drug-likeness (QED) is 0.813. The van der Waals surface area contributed by atoms with E-state index < -0.39 is 0 Å². The summed E-state index contributed by atoms with van der Waals surface area (Å²) in [5.74, 6) is 0.351. The highest BCUT2D eigenvalue weighted by molar-refractivity contribution is 6.30. The van der Waals surface area contributed by atoms with Crippen LogP contribution >= 0.6 is 11.6 Å². The highest BCUT2D eigenvalue weighted by atomic mass is 35.5. The Kier molecular flexibility index (Phi) is 5.94. The smallest absolute Gasteiger partial charge is 0.260 e. The number of carbonyl (C=O) groups is 2. The summed E-state index contributed by atoms with van der Waals surface area (Å²) in [4.78, 5) is 28.2. The number of nitrogens with zero attached hydrogens (tertiary/aromatic N) is 3. The van der Waals surface area contributed by atoms with Gasteiger partial charge < -0.3 is 14.5 Å². The summed E-state index contributed by atoms with van der Waals surface area (Å²) in [5.41, 5.74) is 1.12. The summed E-state index contributed by atoms with van der Waals surface area (Å²) in [5, 5.41) is 9.36. The second kappa shape index (κ2) is 8.56. The number of benzene rings is 2. The van der Waals surface area contributed by atoms with Crippen LogP contribution in [0.5, 0.6) is 5.75 Å². The van der Waals surface area contributed by atoms with E-state index in [0.29, 0.717) is 48.1 Å². The van der Waals surface area contributed by atoms with Crippen molar-refractivity contribution in [2.45, 2.75) is 0 Å². The number of hydrogen-bond acceptors (Lipinski definition) is 4. The van der Waals surface area contributed by atoms with E-state index in [2.05, 4.69) is 0 Å². The molecule has 1 aliphatic heterocycles. The third-order valence-electron chi connectivity index (χ3n) is 4.36. The first kappa shape index (κ1) is 18.7. The molecule has 6 nitrogen and oxygen atoms in total. The lowest BCUT2D eigenvalue weighted by molar-refractivity contribution is -0.134. The molecule has 1 saturated heterocycles. The predicted octanol–water partition coefficient (Wildman–Crippen LogP) is 2.58. The van der Waals surface area contributed by atoms with Gasteiger partial charge in [-0.2, -0.15) is 5.26 Å². The van der Waals surface area contributed by atoms with E-state index in [1.165, 1.54) is 0 Å². The van der Waals surface area contributed by atoms with E-state index in [0.717, 1.165) is 0 Å². The van der Waals surface area contributed by atoms with Crippen LogP contribution in [0.4, 0.5) is 0 Å². The molecule has 2 aromatic rings. The molecule has 0 saturated carbocycles. The predicted molar refractivity (Wildman–Crippen MR) is 101 cm³/mol. The SMILES string of the molecule is N#Cc1ccc(OCC(=O)N2CCN(C(=O)c3ccc(Cl)cc3)CC2)cc1. The van der Waals surface area contributed by atoms with E-state index >= 15 is 0 Å². The lowest BCUT2D eigenvalue weighted by atomic mass is 10.2. The van der Waals surface area contributed by atoms with E-state index in [-0.39, 0.29) is 18.4 Å². The summed E-state index contributed by atoms with van der Waals surface area (Å²) >= 11 is 5.85. The molecule has 7 heteroatoms. The van der Waals surface area contributed by atoms with Crippen molar-refractivity contribution in [1.29, 1.82) is 5.26 Å². The molecular formula is C20H18ClN3O3. The Balaban J connectivity index is 1.48. The van der Waals surface area contributed by atoms with Gasteiger partial charge in [0.15, 0.2) is 6.61 Å². The first-order chi connectivity index (χ1) is 13.1. The van der Waals surface area contributed by atoms with Gasteiger partial charge in [0.2, 0.25) is 0 Å². The number of nitriles is 1. The minimum absolute atomic E-state index is 0.0624. The molecule has 2 aromatic carbocycles. The molecule has 0 radical (unpaired) electrons. The highest BCUT2D eigenvalue weighted by Gasteiger charge is 2.25. The maximum atomic E-state index is 12.5. The van der Waals surface area contributed by atoms with Crippen LogP contribution in [-0.2, 0) is 4.79 Å². The van der Waals surface area contributed by atoms with Crippen LogP contribution in [0, 0.1) is 11.3 Å². The van der Waals surface area contributed by atoms with Crippen LogP contribution in [0.15, 0.2) is 48.5 Å². The second-order valence-corrected chi connectivity index (χ2v) is 6.54. The molecule has 0 atom stereocenters. The van der Waals surface area contributed by atoms with Crippen molar-refractivity contribution in [3.8, 4) is 11.8 Å². The monoisotopic (exact) mass is 383 g/mol. The second-order valence-electron chi connectivity index (χ2n) is 6.10. The average Bonchev–Trinajstić information content (AvgIpc) is 2.72. The number of piperazine rings is 1. The normalized spacial score (nSPS) is 13.8. The number of ether oxygens (including phenoxy) is 1. The molecule has 0 aliphatic carbocycles. The Morgan fingerprint density at radius 1 is 0.963 bits per heavy atom. The molecule has 1 aliphatic rings. The molecule has 1 heterocycles. The van der Waals surface area contributed by atoms with Crippen LogP contribution in [0.2, 0.25) is 5.02 Å². The van der Waals surface area contributed by atoms with Gasteiger partial charge in [0.05, 0.1) is 11.6 Å². The Hall–Kier alpha value is -3.04. The average molecular weight is 384 g/mol. The van der Waals surface area contributed by atoms with Gasteiger partial charge in [-0.25, -0.2) is 0 Å². The zero-order chi connectivity index (χ0) is 19.2. The van der Waals surface area contributed by atoms with Gasteiger partial charge in [-0.1, -0.05) is 11.6 Å². The highest BCUT2D eigenvalue weighted by Crippen LogP contribution is 2.14. The van der Waals surface area contributed by atoms with Gasteiger partial charge >= 0.3 is 0 Å². The lowest BCUT2D eigenvalue weighted by Crippen LogP contribution is -2.51. The van der Waals surface area contributed by atoms with Gasteiger partial charge in [-0.15, -0.1) is 0 Å². The van der Waals surface area contributed by atoms with Crippen molar-refractivity contribution in [2.24, 2.45) is 0 Å². The number of rotatable bonds is 4. The maximum Gasteiger partial charge on any atom is 0.260 e. The van der Waals surface area contributed by atoms with Crippen LogP contribution in [0.25, 0.3) is 0 Å². The van der Waals surface area contributed by atoms with Crippen LogP contribution < -0.4 is 4.74 Å². The van der Waals surface area contributed by atoms with Crippen molar-refractivity contribution in [2.75, 3.05) is 32.8 Å². The summed E-state index contributed by atoms with van der Waals surface area (Å²) in [6.45, 7) is 1.81. The third-order valence-corrected chi connectivity index (χ3v) is 4.61. The van der Waals surface area contributed by atoms with Crippen molar-refractivity contribution in [3.05, 3.63) is 64.7 Å². The number of hydrogen-bond donors (Lipinski definition) is 0. The largest absolute Gasteiger partial charge is 0.484 e. The first-order valence-corrected chi connectivity index (χ1v) is 8.90. The Bertz CT molecular complexity index is 852. The molecule has 1 fully saturated rings. The minimum Gasteiger partial charge on any atom is -0.484 e. The topological polar surface area (TPSA) is 73.6 Å². The minimum atomic E-state index is -0.127. The van der Waals surface area contributed by atoms with Gasteiger partial charge in [-0.05, 0) is 48.5 Å². The van der Waals surface area contributed by atoms with Crippen molar-refractivity contribution in [1.82, 2.24) is 9.80 Å². The molecule has 0 N–H and O–H groups in total. The Morgan fingerprint density at radius 2 is 1.56 bits per heavy atom. The van der Waals surface area contributed by atoms with Crippen LogP contribution in [0.1, 0.15) is 15.9 Å². The van der Waals surface area contributed by atoms with E-state index in [1.807, 2.05) is 6.07 Å². The van der Waals surface area contributed by atoms with Gasteiger partial charge in [0, 0.05) is 36.8 Å². The van der Waals surface area contributed by atoms with Gasteiger partial charge in [0.25, 0.3) is 11.8 Å². The molecule has 3 rings (SSSR count). The summed E-state index contributed by atoms with van der Waals surface area (Å²) < 4.78 is 5.48. The molecule has 0 unspecified atom stereocenters. The maximum absolute atomic E-state index is 12.5. The fraction of sp³-hybridized carbons (Fsp3) is 0.250. The molecule has 0 spiro atoms. The standard InChI is InChI=1S/C20H18ClN3O3/c21-17-5-3-16(4-6-17)20(26)24-11-9-23(10-12-24)19(25)14-27-18-7-1-15(13-22)2-8-18/h1-8H,9-12,14H2. The first-order valence-electron chi connectivity index (χ1n) is 8.52. The number of halogens is 1. The third kappa shape index (κ3) is 4.78. The molecule has 0 aromatic heterocycles. The zero-order valence-corrected chi connectivity index (χ0v) is 15.4. The van der Waals surface area contributed by atoms with E-state index in [1.54, 1.807) is 58.3 Å². The van der Waals surface area contributed by atoms with Crippen molar-refractivity contribution in [3.63, 3.8) is 0 Å². The molecular weight excluding hydrogens is 366 g/mol. The van der Waals surface area contributed by atoms with E-state index in [9.17, 15) is 9.59 Å². The van der Waals surface area contributed by atoms with Crippen LogP contribution in [-0.4, -0.2) is 54.4 Å². The molecule has 2 amide bonds. The summed E-state index contributed by atoms with van der Waals surface area (Å²) in [7, 11) is 0. The molecule has 27 heavy (non-hydrogen) atoms. The number of carbonyl (C=O) groups excluding carboxylic acids is 2. The lowest BCUT2D eigenvalue weighted by Gasteiger charge is -2.34. The fourth-order valence-electron chi connectivity index (χ4n) is 2.80. The fourth-order valence-corrected chi connectivity index (χ4v) is 2.92. The Labute approximate surface area is 162 Å². The van der Waals surface area contributed by atoms with Crippen molar-refractivity contribution >= 4 is 23.4 Å². The Morgan fingerprint density at radius 3 is 2.15 bits per heavy atom.